The SMILES string of the molecule is O=C(CN1C(=O)c2cccc([N+](=O)[O-])c2C1=O)Nc1ccccc1I. The molecule has 0 unspecified atom stereocenters. The Morgan fingerprint density at radius 1 is 1.12 bits per heavy atom. The Labute approximate surface area is 155 Å². The number of benzene rings is 2. The van der Waals surface area contributed by atoms with Crippen LogP contribution in [-0.2, 0) is 4.79 Å². The lowest BCUT2D eigenvalue weighted by Crippen LogP contribution is -2.37. The third kappa shape index (κ3) is 3.09. The van der Waals surface area contributed by atoms with Crippen LogP contribution in [0.15, 0.2) is 42.5 Å². The Morgan fingerprint density at radius 2 is 1.84 bits per heavy atom. The highest BCUT2D eigenvalue weighted by Gasteiger charge is 2.41. The number of amides is 3. The summed E-state index contributed by atoms with van der Waals surface area (Å²) in [5, 5.41) is 13.7. The molecule has 0 fully saturated rings. The number of carbonyl (C=O) groups excluding carboxylic acids is 3. The molecule has 1 heterocycles. The molecule has 0 atom stereocenters. The van der Waals surface area contributed by atoms with Crippen LogP contribution in [0.2, 0.25) is 0 Å². The highest BCUT2D eigenvalue weighted by atomic mass is 127. The van der Waals surface area contributed by atoms with E-state index in [9.17, 15) is 24.5 Å². The molecule has 0 bridgehead atoms. The van der Waals surface area contributed by atoms with Crippen molar-refractivity contribution in [3.05, 3.63) is 67.3 Å². The summed E-state index contributed by atoms with van der Waals surface area (Å²) in [5.74, 6) is -2.13. The van der Waals surface area contributed by atoms with E-state index in [-0.39, 0.29) is 11.1 Å². The van der Waals surface area contributed by atoms with Gasteiger partial charge in [-0.3, -0.25) is 29.4 Å². The van der Waals surface area contributed by atoms with Crippen LogP contribution in [0.25, 0.3) is 0 Å². The van der Waals surface area contributed by atoms with Gasteiger partial charge in [0, 0.05) is 9.64 Å². The number of hydrogen-bond donors (Lipinski definition) is 1. The van der Waals surface area contributed by atoms with E-state index in [2.05, 4.69) is 5.32 Å². The fourth-order valence-corrected chi connectivity index (χ4v) is 3.03. The maximum atomic E-state index is 12.4. The van der Waals surface area contributed by atoms with Gasteiger partial charge in [-0.1, -0.05) is 18.2 Å². The minimum absolute atomic E-state index is 0.0682. The second-order valence-electron chi connectivity index (χ2n) is 5.18. The lowest BCUT2D eigenvalue weighted by molar-refractivity contribution is -0.385. The Bertz CT molecular complexity index is 928. The molecule has 25 heavy (non-hydrogen) atoms. The summed E-state index contributed by atoms with van der Waals surface area (Å²) in [7, 11) is 0. The number of halogens is 1. The van der Waals surface area contributed by atoms with Crippen molar-refractivity contribution < 1.29 is 19.3 Å². The molecule has 1 aliphatic rings. The fourth-order valence-electron chi connectivity index (χ4n) is 2.51. The van der Waals surface area contributed by atoms with Crippen LogP contribution in [0.4, 0.5) is 11.4 Å². The van der Waals surface area contributed by atoms with E-state index < -0.39 is 34.9 Å². The van der Waals surface area contributed by atoms with Gasteiger partial charge >= 0.3 is 0 Å². The molecule has 2 aromatic rings. The number of nitrogens with zero attached hydrogens (tertiary/aromatic N) is 2. The maximum Gasteiger partial charge on any atom is 0.282 e. The highest BCUT2D eigenvalue weighted by molar-refractivity contribution is 14.1. The van der Waals surface area contributed by atoms with Crippen LogP contribution in [0, 0.1) is 13.7 Å². The molecule has 1 N–H and O–H groups in total. The van der Waals surface area contributed by atoms with Gasteiger partial charge in [0.1, 0.15) is 12.1 Å². The minimum Gasteiger partial charge on any atom is -0.324 e. The van der Waals surface area contributed by atoms with Crippen molar-refractivity contribution in [1.29, 1.82) is 0 Å². The van der Waals surface area contributed by atoms with Gasteiger partial charge in [-0.05, 0) is 40.8 Å². The summed E-state index contributed by atoms with van der Waals surface area (Å²) in [5.41, 5.74) is -0.243. The number of nitro benzene ring substituents is 1. The van der Waals surface area contributed by atoms with Gasteiger partial charge < -0.3 is 5.32 Å². The van der Waals surface area contributed by atoms with Crippen molar-refractivity contribution in [2.75, 3.05) is 11.9 Å². The second kappa shape index (κ2) is 6.59. The molecule has 1 aliphatic heterocycles. The number of nitro groups is 1. The van der Waals surface area contributed by atoms with E-state index in [1.165, 1.54) is 12.1 Å². The first-order chi connectivity index (χ1) is 11.9. The highest BCUT2D eigenvalue weighted by Crippen LogP contribution is 2.30. The molecule has 9 heteroatoms. The monoisotopic (exact) mass is 451 g/mol. The molecular weight excluding hydrogens is 441 g/mol. The summed E-state index contributed by atoms with van der Waals surface area (Å²) in [4.78, 5) is 48.0. The zero-order valence-electron chi connectivity index (χ0n) is 12.6. The van der Waals surface area contributed by atoms with Gasteiger partial charge in [0.15, 0.2) is 0 Å². The average Bonchev–Trinajstić information content (AvgIpc) is 2.82. The normalized spacial score (nSPS) is 12.9. The number of hydrogen-bond acceptors (Lipinski definition) is 5. The van der Waals surface area contributed by atoms with Gasteiger partial charge in [-0.2, -0.15) is 0 Å². The Morgan fingerprint density at radius 3 is 2.52 bits per heavy atom. The van der Waals surface area contributed by atoms with Crippen LogP contribution in [-0.4, -0.2) is 34.1 Å². The lowest BCUT2D eigenvalue weighted by atomic mass is 10.1. The van der Waals surface area contributed by atoms with E-state index in [1.54, 1.807) is 24.3 Å². The van der Waals surface area contributed by atoms with Crippen molar-refractivity contribution in [2.24, 2.45) is 0 Å². The molecule has 126 valence electrons. The largest absolute Gasteiger partial charge is 0.324 e. The van der Waals surface area contributed by atoms with Crippen LogP contribution in [0.5, 0.6) is 0 Å². The van der Waals surface area contributed by atoms with Crippen molar-refractivity contribution in [3.63, 3.8) is 0 Å². The zero-order chi connectivity index (χ0) is 18.1. The topological polar surface area (TPSA) is 110 Å². The quantitative estimate of drug-likeness (QED) is 0.333. The molecule has 0 aromatic heterocycles. The van der Waals surface area contributed by atoms with Crippen molar-refractivity contribution >= 4 is 51.7 Å². The first-order valence-electron chi connectivity index (χ1n) is 7.08. The van der Waals surface area contributed by atoms with E-state index in [1.807, 2.05) is 22.6 Å². The third-order valence-corrected chi connectivity index (χ3v) is 4.56. The minimum atomic E-state index is -0.842. The number of fused-ring (bicyclic) bond motifs is 1. The lowest BCUT2D eigenvalue weighted by Gasteiger charge is -2.14. The van der Waals surface area contributed by atoms with Crippen molar-refractivity contribution in [3.8, 4) is 0 Å². The summed E-state index contributed by atoms with van der Waals surface area (Å²) in [6.45, 7) is -0.519. The molecule has 2 aromatic carbocycles. The van der Waals surface area contributed by atoms with Crippen LogP contribution in [0.1, 0.15) is 20.7 Å². The number of para-hydroxylation sites is 1. The average molecular weight is 451 g/mol. The Hall–Kier alpha value is -2.82. The summed E-state index contributed by atoms with van der Waals surface area (Å²) >= 11 is 2.04. The number of anilines is 1. The molecular formula is C16H10IN3O5. The van der Waals surface area contributed by atoms with Crippen LogP contribution in [0.3, 0.4) is 0 Å². The summed E-state index contributed by atoms with van der Waals surface area (Å²) in [6, 6.07) is 10.8. The third-order valence-electron chi connectivity index (χ3n) is 3.62. The van der Waals surface area contributed by atoms with Crippen LogP contribution < -0.4 is 5.32 Å². The zero-order valence-corrected chi connectivity index (χ0v) is 14.7. The van der Waals surface area contributed by atoms with Gasteiger partial charge in [-0.25, -0.2) is 0 Å². The molecule has 0 radical (unpaired) electrons. The first kappa shape index (κ1) is 17.0. The van der Waals surface area contributed by atoms with Crippen LogP contribution >= 0.6 is 22.6 Å². The molecule has 0 spiro atoms. The summed E-state index contributed by atoms with van der Waals surface area (Å²) < 4.78 is 0.798. The first-order valence-corrected chi connectivity index (χ1v) is 8.16. The van der Waals surface area contributed by atoms with Crippen molar-refractivity contribution in [2.45, 2.75) is 0 Å². The van der Waals surface area contributed by atoms with Gasteiger partial charge in [-0.15, -0.1) is 0 Å². The van der Waals surface area contributed by atoms with E-state index in [0.717, 1.165) is 9.64 Å². The number of nitrogens with one attached hydrogen (secondary N) is 1. The second-order valence-corrected chi connectivity index (χ2v) is 6.34. The standard InChI is InChI=1S/C16H10IN3O5/c17-10-5-1-2-6-11(10)18-13(21)8-19-15(22)9-4-3-7-12(20(24)25)14(9)16(19)23/h1-7H,8H2,(H,18,21). The predicted molar refractivity (Wildman–Crippen MR) is 96.3 cm³/mol. The molecule has 0 aliphatic carbocycles. The molecule has 0 saturated carbocycles. The number of imide groups is 1. The van der Waals surface area contributed by atoms with Gasteiger partial charge in [0.2, 0.25) is 5.91 Å². The smallest absolute Gasteiger partial charge is 0.282 e. The summed E-state index contributed by atoms with van der Waals surface area (Å²) in [6.07, 6.45) is 0. The van der Waals surface area contributed by atoms with E-state index in [4.69, 9.17) is 0 Å². The van der Waals surface area contributed by atoms with E-state index >= 15 is 0 Å². The molecule has 8 nitrogen and oxygen atoms in total. The maximum absolute atomic E-state index is 12.4. The predicted octanol–water partition coefficient (Wildman–Crippen LogP) is 2.43. The molecule has 0 saturated heterocycles. The molecule has 3 amide bonds. The number of carbonyl (C=O) groups is 3. The fraction of sp³-hybridized carbons (Fsp3) is 0.0625. The van der Waals surface area contributed by atoms with E-state index in [0.29, 0.717) is 10.6 Å². The molecule has 3 rings (SSSR count). The Balaban J connectivity index is 1.83. The van der Waals surface area contributed by atoms with Gasteiger partial charge in [0.05, 0.1) is 16.2 Å². The Kier molecular flexibility index (Phi) is 4.49. The van der Waals surface area contributed by atoms with Crippen molar-refractivity contribution in [1.82, 2.24) is 4.90 Å². The van der Waals surface area contributed by atoms with Gasteiger partial charge in [0.25, 0.3) is 17.5 Å². The number of rotatable bonds is 4.